The standard InChI is InChI=1S/C14H10ClF3N2S/c15-11-7-8(5-6-9(11)13(19)21)20-12-4-2-1-3-10(12)14(16,17)18/h1-7,20H,(H2,19,21). The van der Waals surface area contributed by atoms with E-state index in [1.165, 1.54) is 24.3 Å². The van der Waals surface area contributed by atoms with Gasteiger partial charge in [0.2, 0.25) is 0 Å². The van der Waals surface area contributed by atoms with Crippen molar-refractivity contribution in [3.8, 4) is 0 Å². The number of halogens is 4. The van der Waals surface area contributed by atoms with Crippen LogP contribution in [0.15, 0.2) is 42.5 Å². The van der Waals surface area contributed by atoms with E-state index in [2.05, 4.69) is 5.32 Å². The van der Waals surface area contributed by atoms with Gasteiger partial charge in [0, 0.05) is 11.3 Å². The molecule has 0 unspecified atom stereocenters. The number of benzene rings is 2. The summed E-state index contributed by atoms with van der Waals surface area (Å²) in [4.78, 5) is 0.127. The molecule has 2 rings (SSSR count). The molecule has 0 aromatic heterocycles. The van der Waals surface area contributed by atoms with Crippen LogP contribution in [0.25, 0.3) is 0 Å². The third-order valence-electron chi connectivity index (χ3n) is 2.75. The second-order valence-corrected chi connectivity index (χ2v) is 5.07. The smallest absolute Gasteiger partial charge is 0.389 e. The summed E-state index contributed by atoms with van der Waals surface area (Å²) in [5.74, 6) is 0. The van der Waals surface area contributed by atoms with Gasteiger partial charge >= 0.3 is 6.18 Å². The predicted octanol–water partition coefficient (Wildman–Crippen LogP) is 4.74. The van der Waals surface area contributed by atoms with Gasteiger partial charge in [-0.15, -0.1) is 0 Å². The molecule has 0 bridgehead atoms. The van der Waals surface area contributed by atoms with Gasteiger partial charge in [0.15, 0.2) is 0 Å². The Labute approximate surface area is 129 Å². The van der Waals surface area contributed by atoms with E-state index < -0.39 is 11.7 Å². The lowest BCUT2D eigenvalue weighted by Gasteiger charge is -2.15. The summed E-state index contributed by atoms with van der Waals surface area (Å²) in [5.41, 5.74) is 5.56. The number of para-hydroxylation sites is 1. The van der Waals surface area contributed by atoms with E-state index in [-0.39, 0.29) is 15.7 Å². The molecule has 0 saturated heterocycles. The summed E-state index contributed by atoms with van der Waals surface area (Å²) < 4.78 is 38.7. The average Bonchev–Trinajstić information content (AvgIpc) is 2.37. The molecule has 0 aliphatic rings. The molecular formula is C14H10ClF3N2S. The maximum absolute atomic E-state index is 12.9. The van der Waals surface area contributed by atoms with Crippen molar-refractivity contribution in [3.63, 3.8) is 0 Å². The molecule has 21 heavy (non-hydrogen) atoms. The van der Waals surface area contributed by atoms with Gasteiger partial charge in [-0.3, -0.25) is 0 Å². The number of hydrogen-bond donors (Lipinski definition) is 2. The number of hydrogen-bond acceptors (Lipinski definition) is 2. The Kier molecular flexibility index (Phi) is 4.39. The Morgan fingerprint density at radius 3 is 2.38 bits per heavy atom. The average molecular weight is 331 g/mol. The van der Waals surface area contributed by atoms with Gasteiger partial charge in [-0.05, 0) is 30.3 Å². The van der Waals surface area contributed by atoms with E-state index in [1.807, 2.05) is 0 Å². The fourth-order valence-electron chi connectivity index (χ4n) is 1.79. The number of nitrogens with one attached hydrogen (secondary N) is 1. The summed E-state index contributed by atoms with van der Waals surface area (Å²) in [6, 6.07) is 9.80. The van der Waals surface area contributed by atoms with Gasteiger partial charge in [0.25, 0.3) is 0 Å². The molecule has 0 amide bonds. The van der Waals surface area contributed by atoms with Crippen LogP contribution in [0.1, 0.15) is 11.1 Å². The lowest BCUT2D eigenvalue weighted by molar-refractivity contribution is -0.136. The third kappa shape index (κ3) is 3.65. The monoisotopic (exact) mass is 330 g/mol. The van der Waals surface area contributed by atoms with E-state index in [1.54, 1.807) is 12.1 Å². The fraction of sp³-hybridized carbons (Fsp3) is 0.0714. The lowest BCUT2D eigenvalue weighted by Crippen LogP contribution is -2.10. The number of anilines is 2. The van der Waals surface area contributed by atoms with Crippen molar-refractivity contribution < 1.29 is 13.2 Å². The number of nitrogens with two attached hydrogens (primary N) is 1. The molecule has 2 nitrogen and oxygen atoms in total. The first-order valence-electron chi connectivity index (χ1n) is 5.81. The van der Waals surface area contributed by atoms with Gasteiger partial charge in [-0.2, -0.15) is 13.2 Å². The Bertz CT molecular complexity index is 686. The minimum absolute atomic E-state index is 0.0517. The van der Waals surface area contributed by atoms with E-state index >= 15 is 0 Å². The van der Waals surface area contributed by atoms with Crippen molar-refractivity contribution in [3.05, 3.63) is 58.6 Å². The molecule has 0 atom stereocenters. The normalized spacial score (nSPS) is 11.2. The molecular weight excluding hydrogens is 321 g/mol. The van der Waals surface area contributed by atoms with Gasteiger partial charge in [0.1, 0.15) is 4.99 Å². The predicted molar refractivity (Wildman–Crippen MR) is 82.1 cm³/mol. The summed E-state index contributed by atoms with van der Waals surface area (Å²) in [7, 11) is 0. The molecule has 0 spiro atoms. The highest BCUT2D eigenvalue weighted by Crippen LogP contribution is 2.36. The largest absolute Gasteiger partial charge is 0.418 e. The van der Waals surface area contributed by atoms with Crippen molar-refractivity contribution in [2.75, 3.05) is 5.32 Å². The van der Waals surface area contributed by atoms with Crippen LogP contribution >= 0.6 is 23.8 Å². The second kappa shape index (κ2) is 5.91. The van der Waals surface area contributed by atoms with Crippen molar-refractivity contribution >= 4 is 40.2 Å². The first-order chi connectivity index (χ1) is 9.79. The molecule has 0 aliphatic heterocycles. The van der Waals surface area contributed by atoms with Crippen LogP contribution in [-0.4, -0.2) is 4.99 Å². The molecule has 2 aromatic rings. The van der Waals surface area contributed by atoms with Crippen LogP contribution in [-0.2, 0) is 6.18 Å². The second-order valence-electron chi connectivity index (χ2n) is 4.23. The highest BCUT2D eigenvalue weighted by atomic mass is 35.5. The highest BCUT2D eigenvalue weighted by molar-refractivity contribution is 7.80. The summed E-state index contributed by atoms with van der Waals surface area (Å²) in [6.07, 6.45) is -4.44. The number of alkyl halides is 3. The molecule has 3 N–H and O–H groups in total. The van der Waals surface area contributed by atoms with E-state index in [9.17, 15) is 13.2 Å². The molecule has 0 fully saturated rings. The fourth-order valence-corrected chi connectivity index (χ4v) is 2.30. The first-order valence-corrected chi connectivity index (χ1v) is 6.60. The molecule has 0 aliphatic carbocycles. The van der Waals surface area contributed by atoms with Crippen LogP contribution in [0.2, 0.25) is 5.02 Å². The zero-order valence-electron chi connectivity index (χ0n) is 10.5. The molecule has 7 heteroatoms. The maximum Gasteiger partial charge on any atom is 0.418 e. The van der Waals surface area contributed by atoms with Gasteiger partial charge < -0.3 is 11.1 Å². The topological polar surface area (TPSA) is 38.0 Å². The van der Waals surface area contributed by atoms with E-state index in [0.29, 0.717) is 11.3 Å². The minimum Gasteiger partial charge on any atom is -0.389 e. The molecule has 0 radical (unpaired) electrons. The van der Waals surface area contributed by atoms with Gasteiger partial charge in [-0.25, -0.2) is 0 Å². The number of thiocarbonyl (C=S) groups is 1. The van der Waals surface area contributed by atoms with Crippen LogP contribution in [0.3, 0.4) is 0 Å². The van der Waals surface area contributed by atoms with Crippen LogP contribution < -0.4 is 11.1 Å². The Balaban J connectivity index is 2.35. The molecule has 2 aromatic carbocycles. The van der Waals surface area contributed by atoms with E-state index in [0.717, 1.165) is 6.07 Å². The Morgan fingerprint density at radius 2 is 1.81 bits per heavy atom. The first kappa shape index (κ1) is 15.6. The van der Waals surface area contributed by atoms with Crippen LogP contribution in [0.5, 0.6) is 0 Å². The van der Waals surface area contributed by atoms with Crippen molar-refractivity contribution in [2.45, 2.75) is 6.18 Å². The Morgan fingerprint density at radius 1 is 1.14 bits per heavy atom. The molecule has 0 heterocycles. The lowest BCUT2D eigenvalue weighted by atomic mass is 10.1. The van der Waals surface area contributed by atoms with Gasteiger partial charge in [0.05, 0.1) is 16.3 Å². The molecule has 110 valence electrons. The zero-order valence-corrected chi connectivity index (χ0v) is 12.1. The number of rotatable bonds is 3. The SMILES string of the molecule is NC(=S)c1ccc(Nc2ccccc2C(F)(F)F)cc1Cl. The van der Waals surface area contributed by atoms with Crippen LogP contribution in [0.4, 0.5) is 24.5 Å². The minimum atomic E-state index is -4.44. The summed E-state index contributed by atoms with van der Waals surface area (Å²) in [5, 5.41) is 2.97. The molecule has 0 saturated carbocycles. The van der Waals surface area contributed by atoms with Crippen molar-refractivity contribution in [1.29, 1.82) is 0 Å². The third-order valence-corrected chi connectivity index (χ3v) is 3.28. The Hall–Kier alpha value is -1.79. The quantitative estimate of drug-likeness (QED) is 0.798. The maximum atomic E-state index is 12.9. The van der Waals surface area contributed by atoms with Crippen molar-refractivity contribution in [2.24, 2.45) is 5.73 Å². The van der Waals surface area contributed by atoms with Crippen molar-refractivity contribution in [1.82, 2.24) is 0 Å². The highest BCUT2D eigenvalue weighted by Gasteiger charge is 2.33. The van der Waals surface area contributed by atoms with Crippen LogP contribution in [0, 0.1) is 0 Å². The summed E-state index contributed by atoms with van der Waals surface area (Å²) >= 11 is 10.8. The van der Waals surface area contributed by atoms with Gasteiger partial charge in [-0.1, -0.05) is 36.0 Å². The van der Waals surface area contributed by atoms with E-state index in [4.69, 9.17) is 29.6 Å². The zero-order chi connectivity index (χ0) is 15.6. The summed E-state index contributed by atoms with van der Waals surface area (Å²) in [6.45, 7) is 0.